The van der Waals surface area contributed by atoms with E-state index >= 15 is 0 Å². The Labute approximate surface area is 172 Å². The maximum Gasteiger partial charge on any atom is 0.415 e. The summed E-state index contributed by atoms with van der Waals surface area (Å²) in [6.07, 6.45) is 1.15. The average Bonchev–Trinajstić information content (AvgIpc) is 2.61. The number of esters is 1. The minimum absolute atomic E-state index is 0.235. The number of ether oxygens (including phenoxy) is 2. The number of carbonyl (C=O) groups excluding carboxylic acids is 2. The first-order chi connectivity index (χ1) is 12.7. The Morgan fingerprint density at radius 3 is 2.48 bits per heavy atom. The Kier molecular flexibility index (Phi) is 6.89. The van der Waals surface area contributed by atoms with Crippen LogP contribution in [0.3, 0.4) is 0 Å². The third-order valence-corrected chi connectivity index (χ3v) is 4.65. The fraction of sp³-hybridized carbons (Fsp3) is 0.300. The van der Waals surface area contributed by atoms with Crippen LogP contribution in [0.1, 0.15) is 31.1 Å². The molecule has 0 aromatic heterocycles. The quantitative estimate of drug-likeness (QED) is 0.541. The molecule has 0 fully saturated rings. The van der Waals surface area contributed by atoms with E-state index in [9.17, 15) is 9.59 Å². The van der Waals surface area contributed by atoms with E-state index < -0.39 is 17.7 Å². The molecule has 7 heteroatoms. The van der Waals surface area contributed by atoms with Crippen LogP contribution in [0.5, 0.6) is 0 Å². The van der Waals surface area contributed by atoms with Gasteiger partial charge in [0.25, 0.3) is 0 Å². The van der Waals surface area contributed by atoms with Crippen molar-refractivity contribution in [3.8, 4) is 0 Å². The van der Waals surface area contributed by atoms with Crippen molar-refractivity contribution in [3.05, 3.63) is 52.0 Å². The van der Waals surface area contributed by atoms with E-state index in [1.165, 1.54) is 17.5 Å². The Morgan fingerprint density at radius 2 is 1.89 bits per heavy atom. The van der Waals surface area contributed by atoms with Gasteiger partial charge in [0.05, 0.1) is 18.4 Å². The summed E-state index contributed by atoms with van der Waals surface area (Å²) in [4.78, 5) is 26.0. The molecular weight excluding hydrogens is 434 g/mol. The predicted octanol–water partition coefficient (Wildman–Crippen LogP) is 5.88. The van der Waals surface area contributed by atoms with Gasteiger partial charge in [0.1, 0.15) is 5.60 Å². The number of amides is 1. The van der Waals surface area contributed by atoms with Crippen molar-refractivity contribution in [2.24, 2.45) is 0 Å². The lowest BCUT2D eigenvalue weighted by molar-refractivity contribution is 0.0579. The standard InChI is InChI=1S/C20H21BrClNO4/c1-20(2,3)27-19(25)23(11-5-10-22)16-9-8-13-6-7-14(18(24)26-4)12-15(13)17(16)21/h5-10,12H,11H2,1-4H3/b10-5+. The Balaban J connectivity index is 2.55. The molecule has 0 radical (unpaired) electrons. The van der Waals surface area contributed by atoms with Crippen LogP contribution in [0.15, 0.2) is 46.4 Å². The Bertz CT molecular complexity index is 889. The van der Waals surface area contributed by atoms with E-state index in [4.69, 9.17) is 21.1 Å². The van der Waals surface area contributed by atoms with E-state index in [2.05, 4.69) is 15.9 Å². The monoisotopic (exact) mass is 453 g/mol. The number of halogens is 2. The summed E-state index contributed by atoms with van der Waals surface area (Å²) in [6.45, 7) is 5.65. The zero-order valence-corrected chi connectivity index (χ0v) is 17.9. The smallest absolute Gasteiger partial charge is 0.415 e. The van der Waals surface area contributed by atoms with Crippen molar-refractivity contribution < 1.29 is 19.1 Å². The lowest BCUT2D eigenvalue weighted by Gasteiger charge is -2.27. The molecule has 2 aromatic rings. The molecular formula is C20H21BrClNO4. The number of hydrogen-bond donors (Lipinski definition) is 0. The maximum absolute atomic E-state index is 12.7. The number of carbonyl (C=O) groups is 2. The summed E-state index contributed by atoms with van der Waals surface area (Å²) < 4.78 is 11.0. The van der Waals surface area contributed by atoms with Crippen LogP contribution in [0.2, 0.25) is 0 Å². The predicted molar refractivity (Wildman–Crippen MR) is 112 cm³/mol. The molecule has 0 bridgehead atoms. The van der Waals surface area contributed by atoms with Gasteiger partial charge in [-0.25, -0.2) is 9.59 Å². The molecule has 0 saturated carbocycles. The number of hydrogen-bond acceptors (Lipinski definition) is 4. The van der Waals surface area contributed by atoms with Gasteiger partial charge < -0.3 is 9.47 Å². The molecule has 0 aliphatic carbocycles. The van der Waals surface area contributed by atoms with Crippen molar-refractivity contribution in [2.45, 2.75) is 26.4 Å². The highest BCUT2D eigenvalue weighted by molar-refractivity contribution is 9.10. The molecule has 0 spiro atoms. The minimum atomic E-state index is -0.638. The second-order valence-electron chi connectivity index (χ2n) is 6.78. The van der Waals surface area contributed by atoms with Gasteiger partial charge in [0.2, 0.25) is 0 Å². The normalized spacial score (nSPS) is 11.6. The third kappa shape index (κ3) is 5.23. The molecule has 144 valence electrons. The van der Waals surface area contributed by atoms with Crippen LogP contribution < -0.4 is 4.90 Å². The van der Waals surface area contributed by atoms with E-state index in [1.807, 2.05) is 18.2 Å². The molecule has 1 amide bonds. The van der Waals surface area contributed by atoms with Crippen molar-refractivity contribution in [1.29, 1.82) is 0 Å². The SMILES string of the molecule is COC(=O)c1ccc2ccc(N(C/C=C/Cl)C(=O)OC(C)(C)C)c(Br)c2c1. The average molecular weight is 455 g/mol. The largest absolute Gasteiger partial charge is 0.465 e. The Hall–Kier alpha value is -2.05. The van der Waals surface area contributed by atoms with E-state index in [0.717, 1.165) is 10.8 Å². The van der Waals surface area contributed by atoms with Crippen molar-refractivity contribution in [3.63, 3.8) is 0 Å². The molecule has 0 aliphatic heterocycles. The van der Waals surface area contributed by atoms with E-state index in [1.54, 1.807) is 39.0 Å². The Morgan fingerprint density at radius 1 is 1.22 bits per heavy atom. The van der Waals surface area contributed by atoms with Gasteiger partial charge in [-0.05, 0) is 65.7 Å². The number of benzene rings is 2. The number of anilines is 1. The van der Waals surface area contributed by atoms with Gasteiger partial charge in [-0.2, -0.15) is 0 Å². The summed E-state index contributed by atoms with van der Waals surface area (Å²) in [5.74, 6) is -0.428. The van der Waals surface area contributed by atoms with Gasteiger partial charge in [-0.3, -0.25) is 4.90 Å². The maximum atomic E-state index is 12.7. The third-order valence-electron chi connectivity index (χ3n) is 3.64. The molecule has 2 rings (SSSR count). The topological polar surface area (TPSA) is 55.8 Å². The van der Waals surface area contributed by atoms with Crippen molar-refractivity contribution in [2.75, 3.05) is 18.6 Å². The van der Waals surface area contributed by atoms with Gasteiger partial charge >= 0.3 is 12.1 Å². The van der Waals surface area contributed by atoms with Gasteiger partial charge in [-0.1, -0.05) is 29.8 Å². The fourth-order valence-corrected chi connectivity index (χ4v) is 3.23. The van der Waals surface area contributed by atoms with Crippen LogP contribution in [-0.4, -0.2) is 31.3 Å². The van der Waals surface area contributed by atoms with Crippen LogP contribution in [0.4, 0.5) is 10.5 Å². The summed E-state index contributed by atoms with van der Waals surface area (Å²) in [6, 6.07) is 8.93. The van der Waals surface area contributed by atoms with Crippen LogP contribution in [-0.2, 0) is 9.47 Å². The van der Waals surface area contributed by atoms with Gasteiger partial charge in [0.15, 0.2) is 0 Å². The second-order valence-corrected chi connectivity index (χ2v) is 7.82. The molecule has 2 aromatic carbocycles. The first kappa shape index (κ1) is 21.3. The molecule has 0 aliphatic rings. The molecule has 0 heterocycles. The summed E-state index contributed by atoms with van der Waals surface area (Å²) in [7, 11) is 1.33. The highest BCUT2D eigenvalue weighted by atomic mass is 79.9. The highest BCUT2D eigenvalue weighted by Gasteiger charge is 2.25. The molecule has 0 saturated heterocycles. The lowest BCUT2D eigenvalue weighted by Crippen LogP contribution is -2.37. The first-order valence-corrected chi connectivity index (χ1v) is 9.47. The van der Waals surface area contributed by atoms with Gasteiger partial charge in [0, 0.05) is 16.6 Å². The zero-order chi connectivity index (χ0) is 20.2. The number of methoxy groups -OCH3 is 1. The summed E-state index contributed by atoms with van der Waals surface area (Å²) in [5, 5.41) is 1.69. The summed E-state index contributed by atoms with van der Waals surface area (Å²) >= 11 is 9.22. The number of fused-ring (bicyclic) bond motifs is 1. The lowest BCUT2D eigenvalue weighted by atomic mass is 10.1. The van der Waals surface area contributed by atoms with Gasteiger partial charge in [-0.15, -0.1) is 0 Å². The van der Waals surface area contributed by atoms with Crippen LogP contribution in [0.25, 0.3) is 10.8 Å². The number of nitrogens with zero attached hydrogens (tertiary/aromatic N) is 1. The molecule has 0 unspecified atom stereocenters. The van der Waals surface area contributed by atoms with E-state index in [0.29, 0.717) is 15.7 Å². The van der Waals surface area contributed by atoms with Crippen molar-refractivity contribution >= 4 is 56.1 Å². The van der Waals surface area contributed by atoms with E-state index in [-0.39, 0.29) is 6.54 Å². The zero-order valence-electron chi connectivity index (χ0n) is 15.6. The molecule has 0 N–H and O–H groups in total. The molecule has 0 atom stereocenters. The first-order valence-electron chi connectivity index (χ1n) is 8.24. The van der Waals surface area contributed by atoms with Crippen molar-refractivity contribution in [1.82, 2.24) is 0 Å². The second kappa shape index (κ2) is 8.76. The fourth-order valence-electron chi connectivity index (χ4n) is 2.46. The summed E-state index contributed by atoms with van der Waals surface area (Å²) in [5.41, 5.74) is 1.74. The molecule has 5 nitrogen and oxygen atoms in total. The minimum Gasteiger partial charge on any atom is -0.465 e. The van der Waals surface area contributed by atoms with Crippen LogP contribution >= 0.6 is 27.5 Å². The van der Waals surface area contributed by atoms with Crippen LogP contribution in [0, 0.1) is 0 Å². The number of rotatable bonds is 4. The highest BCUT2D eigenvalue weighted by Crippen LogP contribution is 2.35. The molecule has 27 heavy (non-hydrogen) atoms.